The van der Waals surface area contributed by atoms with E-state index in [1.54, 1.807) is 21.1 Å². The van der Waals surface area contributed by atoms with Crippen molar-refractivity contribution in [2.45, 2.75) is 26.3 Å². The van der Waals surface area contributed by atoms with E-state index < -0.39 is 0 Å². The minimum Gasteiger partial charge on any atom is -0.497 e. The summed E-state index contributed by atoms with van der Waals surface area (Å²) >= 11 is 0. The van der Waals surface area contributed by atoms with Crippen LogP contribution < -0.4 is 14.2 Å². The highest BCUT2D eigenvalue weighted by molar-refractivity contribution is 5.75. The molecule has 26 heavy (non-hydrogen) atoms. The molecule has 0 spiro atoms. The molecule has 0 aromatic heterocycles. The van der Waals surface area contributed by atoms with Crippen LogP contribution in [0.1, 0.15) is 36.6 Å². The highest BCUT2D eigenvalue weighted by Crippen LogP contribution is 2.39. The van der Waals surface area contributed by atoms with E-state index in [1.807, 2.05) is 36.1 Å². The first-order chi connectivity index (χ1) is 12.6. The normalized spacial score (nSPS) is 16.0. The Bertz CT molecular complexity index is 780. The third-order valence-electron chi connectivity index (χ3n) is 4.75. The zero-order chi connectivity index (χ0) is 18.7. The molecule has 1 atom stereocenters. The number of carbonyl (C=O) groups is 1. The van der Waals surface area contributed by atoms with E-state index in [-0.39, 0.29) is 11.9 Å². The van der Waals surface area contributed by atoms with E-state index in [0.717, 1.165) is 23.3 Å². The van der Waals surface area contributed by atoms with Crippen LogP contribution in [-0.2, 0) is 11.2 Å². The predicted molar refractivity (Wildman–Crippen MR) is 100 cm³/mol. The van der Waals surface area contributed by atoms with E-state index in [1.165, 1.54) is 5.56 Å². The third-order valence-corrected chi connectivity index (χ3v) is 4.75. The SMILES string of the molecule is CCOc1ccc2c(c1)CCN(C(C)=O)C2c1cc(OC)cc(OC)c1. The molecule has 1 heterocycles. The smallest absolute Gasteiger partial charge is 0.220 e. The van der Waals surface area contributed by atoms with Crippen LogP contribution in [0.4, 0.5) is 0 Å². The lowest BCUT2D eigenvalue weighted by molar-refractivity contribution is -0.130. The van der Waals surface area contributed by atoms with Gasteiger partial charge in [-0.2, -0.15) is 0 Å². The summed E-state index contributed by atoms with van der Waals surface area (Å²) in [5.41, 5.74) is 3.30. The van der Waals surface area contributed by atoms with E-state index in [0.29, 0.717) is 24.7 Å². The Morgan fingerprint density at radius 2 is 1.77 bits per heavy atom. The Morgan fingerprint density at radius 3 is 2.35 bits per heavy atom. The standard InChI is InChI=1S/C21H25NO4/c1-5-26-17-6-7-20-15(10-17)8-9-22(14(2)23)21(20)16-11-18(24-3)13-19(12-16)25-4/h6-7,10-13,21H,5,8-9H2,1-4H3. The summed E-state index contributed by atoms with van der Waals surface area (Å²) in [7, 11) is 3.26. The fourth-order valence-corrected chi connectivity index (χ4v) is 3.55. The van der Waals surface area contributed by atoms with E-state index in [2.05, 4.69) is 12.1 Å². The van der Waals surface area contributed by atoms with Crippen molar-refractivity contribution < 1.29 is 19.0 Å². The van der Waals surface area contributed by atoms with Crippen molar-refractivity contribution in [2.24, 2.45) is 0 Å². The van der Waals surface area contributed by atoms with Gasteiger partial charge in [-0.25, -0.2) is 0 Å². The van der Waals surface area contributed by atoms with Crippen LogP contribution in [0.15, 0.2) is 36.4 Å². The number of rotatable bonds is 5. The van der Waals surface area contributed by atoms with Crippen LogP contribution in [0.2, 0.25) is 0 Å². The second kappa shape index (κ2) is 7.68. The Morgan fingerprint density at radius 1 is 1.08 bits per heavy atom. The predicted octanol–water partition coefficient (Wildman–Crippen LogP) is 3.60. The molecule has 1 aliphatic rings. The molecule has 1 aliphatic heterocycles. The van der Waals surface area contributed by atoms with Gasteiger partial charge in [0.05, 0.1) is 26.9 Å². The zero-order valence-electron chi connectivity index (χ0n) is 15.7. The van der Waals surface area contributed by atoms with Gasteiger partial charge in [-0.05, 0) is 54.3 Å². The summed E-state index contributed by atoms with van der Waals surface area (Å²) < 4.78 is 16.5. The quantitative estimate of drug-likeness (QED) is 0.822. The number of fused-ring (bicyclic) bond motifs is 1. The van der Waals surface area contributed by atoms with Gasteiger partial charge in [0, 0.05) is 19.5 Å². The first-order valence-corrected chi connectivity index (χ1v) is 8.83. The number of carbonyl (C=O) groups excluding carboxylic acids is 1. The minimum atomic E-state index is -0.170. The van der Waals surface area contributed by atoms with E-state index in [9.17, 15) is 4.79 Å². The molecular formula is C21H25NO4. The summed E-state index contributed by atoms with van der Waals surface area (Å²) in [4.78, 5) is 14.2. The molecule has 138 valence electrons. The van der Waals surface area contributed by atoms with Crippen LogP contribution in [0.3, 0.4) is 0 Å². The summed E-state index contributed by atoms with van der Waals surface area (Å²) in [6.07, 6.45) is 0.813. The van der Waals surface area contributed by atoms with Crippen LogP contribution >= 0.6 is 0 Å². The van der Waals surface area contributed by atoms with Gasteiger partial charge in [-0.15, -0.1) is 0 Å². The Labute approximate surface area is 154 Å². The van der Waals surface area contributed by atoms with Crippen molar-refractivity contribution in [2.75, 3.05) is 27.4 Å². The first-order valence-electron chi connectivity index (χ1n) is 8.83. The molecule has 0 saturated heterocycles. The molecule has 5 nitrogen and oxygen atoms in total. The number of methoxy groups -OCH3 is 2. The molecule has 0 aliphatic carbocycles. The monoisotopic (exact) mass is 355 g/mol. The Balaban J connectivity index is 2.12. The number of amides is 1. The van der Waals surface area contributed by atoms with Crippen molar-refractivity contribution >= 4 is 5.91 Å². The van der Waals surface area contributed by atoms with E-state index >= 15 is 0 Å². The van der Waals surface area contributed by atoms with Crippen LogP contribution in [0.5, 0.6) is 17.2 Å². The largest absolute Gasteiger partial charge is 0.497 e. The van der Waals surface area contributed by atoms with Crippen molar-refractivity contribution in [3.8, 4) is 17.2 Å². The van der Waals surface area contributed by atoms with Crippen LogP contribution in [0, 0.1) is 0 Å². The number of nitrogens with zero attached hydrogens (tertiary/aromatic N) is 1. The van der Waals surface area contributed by atoms with Gasteiger partial charge in [-0.1, -0.05) is 6.07 Å². The fraction of sp³-hybridized carbons (Fsp3) is 0.381. The van der Waals surface area contributed by atoms with Crippen molar-refractivity contribution in [1.82, 2.24) is 4.90 Å². The van der Waals surface area contributed by atoms with E-state index in [4.69, 9.17) is 14.2 Å². The maximum Gasteiger partial charge on any atom is 0.220 e. The molecule has 2 aromatic rings. The fourth-order valence-electron chi connectivity index (χ4n) is 3.55. The highest BCUT2D eigenvalue weighted by atomic mass is 16.5. The van der Waals surface area contributed by atoms with Gasteiger partial charge in [0.25, 0.3) is 0 Å². The van der Waals surface area contributed by atoms with Crippen molar-refractivity contribution in [3.63, 3.8) is 0 Å². The minimum absolute atomic E-state index is 0.0521. The number of ether oxygens (including phenoxy) is 3. The summed E-state index contributed by atoms with van der Waals surface area (Å²) in [6, 6.07) is 11.7. The average molecular weight is 355 g/mol. The van der Waals surface area contributed by atoms with Crippen LogP contribution in [-0.4, -0.2) is 38.2 Å². The van der Waals surface area contributed by atoms with Gasteiger partial charge in [0.15, 0.2) is 0 Å². The Kier molecular flexibility index (Phi) is 5.35. The van der Waals surface area contributed by atoms with Gasteiger partial charge < -0.3 is 19.1 Å². The molecule has 0 bridgehead atoms. The average Bonchev–Trinajstić information content (AvgIpc) is 2.66. The molecule has 3 rings (SSSR count). The molecule has 0 saturated carbocycles. The molecule has 2 aromatic carbocycles. The van der Waals surface area contributed by atoms with Crippen molar-refractivity contribution in [3.05, 3.63) is 53.1 Å². The van der Waals surface area contributed by atoms with Crippen molar-refractivity contribution in [1.29, 1.82) is 0 Å². The molecule has 5 heteroatoms. The maximum atomic E-state index is 12.3. The van der Waals surface area contributed by atoms with Crippen LogP contribution in [0.25, 0.3) is 0 Å². The lowest BCUT2D eigenvalue weighted by atomic mass is 9.87. The van der Waals surface area contributed by atoms with Gasteiger partial charge in [0.1, 0.15) is 17.2 Å². The number of benzene rings is 2. The summed E-state index contributed by atoms with van der Waals surface area (Å²) in [5, 5.41) is 0. The number of hydrogen-bond donors (Lipinski definition) is 0. The first kappa shape index (κ1) is 18.1. The molecule has 0 fully saturated rings. The summed E-state index contributed by atoms with van der Waals surface area (Å²) in [6.45, 7) is 4.89. The molecule has 0 N–H and O–H groups in total. The highest BCUT2D eigenvalue weighted by Gasteiger charge is 2.31. The molecule has 1 amide bonds. The summed E-state index contributed by atoms with van der Waals surface area (Å²) in [5.74, 6) is 2.34. The van der Waals surface area contributed by atoms with Gasteiger partial charge in [-0.3, -0.25) is 4.79 Å². The third kappa shape index (κ3) is 3.47. The number of hydrogen-bond acceptors (Lipinski definition) is 4. The lowest BCUT2D eigenvalue weighted by Gasteiger charge is -2.37. The van der Waals surface area contributed by atoms with Gasteiger partial charge >= 0.3 is 0 Å². The maximum absolute atomic E-state index is 12.3. The topological polar surface area (TPSA) is 48.0 Å². The molecule has 0 radical (unpaired) electrons. The zero-order valence-corrected chi connectivity index (χ0v) is 15.7. The molecular weight excluding hydrogens is 330 g/mol. The lowest BCUT2D eigenvalue weighted by Crippen LogP contribution is -2.39. The second-order valence-corrected chi connectivity index (χ2v) is 6.30. The van der Waals surface area contributed by atoms with Gasteiger partial charge in [0.2, 0.25) is 5.91 Å². The molecule has 1 unspecified atom stereocenters. The Hall–Kier alpha value is -2.69. The second-order valence-electron chi connectivity index (χ2n) is 6.30.